The molecule has 0 saturated carbocycles. The molecule has 2 aliphatic rings. The van der Waals surface area contributed by atoms with Crippen molar-refractivity contribution >= 4 is 38.3 Å². The summed E-state index contributed by atoms with van der Waals surface area (Å²) in [4.78, 5) is 28.0. The quantitative estimate of drug-likeness (QED) is 0.413. The molecular weight excluding hydrogens is 512 g/mol. The largest absolute Gasteiger partial charge is 0.341 e. The summed E-state index contributed by atoms with van der Waals surface area (Å²) >= 11 is 0. The molecule has 3 atom stereocenters. The number of nitrogens with zero attached hydrogens (tertiary/aromatic N) is 1. The normalized spacial score (nSPS) is 21.7. The molecule has 8 nitrogen and oxygen atoms in total. The minimum Gasteiger partial charge on any atom is -0.341 e. The number of fused-ring (bicyclic) bond motifs is 1. The summed E-state index contributed by atoms with van der Waals surface area (Å²) in [6.07, 6.45) is 3.20. The predicted octanol–water partition coefficient (Wildman–Crippen LogP) is 4.06. The lowest BCUT2D eigenvalue weighted by atomic mass is 9.90. The summed E-state index contributed by atoms with van der Waals surface area (Å²) in [6, 6.07) is 17.4. The van der Waals surface area contributed by atoms with Gasteiger partial charge in [0, 0.05) is 41.2 Å². The van der Waals surface area contributed by atoms with E-state index in [1.165, 1.54) is 0 Å². The van der Waals surface area contributed by atoms with Crippen molar-refractivity contribution in [2.75, 3.05) is 25.0 Å². The summed E-state index contributed by atoms with van der Waals surface area (Å²) in [5, 5.41) is 7.43. The van der Waals surface area contributed by atoms with Crippen LogP contribution in [0.15, 0.2) is 65.6 Å². The zero-order chi connectivity index (χ0) is 27.6. The Labute approximate surface area is 230 Å². The number of hydrogen-bond acceptors (Lipinski definition) is 5. The highest BCUT2D eigenvalue weighted by Crippen LogP contribution is 2.31. The van der Waals surface area contributed by atoms with Crippen molar-refractivity contribution in [3.63, 3.8) is 0 Å². The number of carbonyl (C=O) groups is 2. The zero-order valence-corrected chi connectivity index (χ0v) is 23.3. The van der Waals surface area contributed by atoms with Gasteiger partial charge in [-0.25, -0.2) is 13.1 Å². The van der Waals surface area contributed by atoms with E-state index >= 15 is 0 Å². The van der Waals surface area contributed by atoms with Gasteiger partial charge in [0.05, 0.1) is 10.9 Å². The van der Waals surface area contributed by atoms with E-state index in [0.29, 0.717) is 41.5 Å². The molecule has 0 radical (unpaired) electrons. The van der Waals surface area contributed by atoms with Crippen molar-refractivity contribution in [3.05, 3.63) is 71.8 Å². The monoisotopic (exact) mass is 548 g/mol. The maximum absolute atomic E-state index is 13.7. The number of likely N-dealkylation sites (tertiary alicyclic amines) is 1. The van der Waals surface area contributed by atoms with Crippen molar-refractivity contribution in [2.24, 2.45) is 5.92 Å². The molecule has 2 aliphatic heterocycles. The molecule has 2 saturated heterocycles. The smallest absolute Gasteiger partial charge is 0.255 e. The highest BCUT2D eigenvalue weighted by Gasteiger charge is 2.36. The van der Waals surface area contributed by atoms with Crippen molar-refractivity contribution in [3.8, 4) is 0 Å². The predicted molar refractivity (Wildman–Crippen MR) is 153 cm³/mol. The molecule has 2 fully saturated rings. The van der Waals surface area contributed by atoms with Crippen molar-refractivity contribution in [1.29, 1.82) is 0 Å². The second-order valence-corrected chi connectivity index (χ2v) is 12.2. The van der Waals surface area contributed by atoms with Crippen LogP contribution in [0.5, 0.6) is 0 Å². The third-order valence-electron chi connectivity index (χ3n) is 8.04. The minimum atomic E-state index is -3.87. The molecular formula is C30H36N4O4S. The number of nitrogens with one attached hydrogen (secondary N) is 3. The van der Waals surface area contributed by atoms with Gasteiger partial charge < -0.3 is 15.5 Å². The van der Waals surface area contributed by atoms with Gasteiger partial charge in [-0.1, -0.05) is 55.8 Å². The van der Waals surface area contributed by atoms with E-state index in [0.717, 1.165) is 31.4 Å². The summed E-state index contributed by atoms with van der Waals surface area (Å²) in [6.45, 7) is 5.86. The fourth-order valence-corrected chi connectivity index (χ4v) is 7.38. The van der Waals surface area contributed by atoms with E-state index in [9.17, 15) is 18.0 Å². The van der Waals surface area contributed by atoms with Crippen LogP contribution in [0.1, 0.15) is 48.5 Å². The van der Waals surface area contributed by atoms with E-state index in [4.69, 9.17) is 0 Å². The molecule has 0 spiro atoms. The average Bonchev–Trinajstić information content (AvgIpc) is 3.48. The minimum absolute atomic E-state index is 0.0258. The van der Waals surface area contributed by atoms with Gasteiger partial charge in [0.25, 0.3) is 5.91 Å². The maximum Gasteiger partial charge on any atom is 0.255 e. The van der Waals surface area contributed by atoms with Crippen LogP contribution >= 0.6 is 0 Å². The van der Waals surface area contributed by atoms with Crippen LogP contribution in [0.4, 0.5) is 5.69 Å². The molecule has 3 aromatic carbocycles. The topological polar surface area (TPSA) is 108 Å². The second-order valence-electron chi connectivity index (χ2n) is 10.5. The summed E-state index contributed by atoms with van der Waals surface area (Å²) in [7, 11) is -3.87. The van der Waals surface area contributed by atoms with Crippen LogP contribution in [0.2, 0.25) is 0 Å². The van der Waals surface area contributed by atoms with E-state index in [1.54, 1.807) is 36.4 Å². The standard InChI is InChI=1S/C30H36N4O4S/c1-3-21-19-34(30(36)27-14-8-17-31-27)18-16-25(21)33-39(37,38)28-15-7-11-23-24(28)12-6-13-26(23)32-29(35)22-10-5-4-9-20(22)2/h4-7,9-13,15,21,25,27,31,33H,3,8,14,16-19H2,1-2H3,(H,32,35)/t21-,25-,27-/m0/s1. The number of rotatable bonds is 7. The summed E-state index contributed by atoms with van der Waals surface area (Å²) in [5.74, 6) is -0.0914. The maximum atomic E-state index is 13.7. The summed E-state index contributed by atoms with van der Waals surface area (Å²) < 4.78 is 30.4. The lowest BCUT2D eigenvalue weighted by Gasteiger charge is -2.39. The molecule has 3 aromatic rings. The molecule has 2 heterocycles. The first-order valence-electron chi connectivity index (χ1n) is 13.7. The van der Waals surface area contributed by atoms with Crippen LogP contribution < -0.4 is 15.4 Å². The van der Waals surface area contributed by atoms with E-state index in [1.807, 2.05) is 43.0 Å². The Kier molecular flexibility index (Phi) is 8.02. The van der Waals surface area contributed by atoms with Gasteiger partial charge in [-0.2, -0.15) is 0 Å². The third-order valence-corrected chi connectivity index (χ3v) is 9.59. The van der Waals surface area contributed by atoms with Crippen LogP contribution in [-0.4, -0.2) is 56.9 Å². The van der Waals surface area contributed by atoms with Gasteiger partial charge in [-0.15, -0.1) is 0 Å². The lowest BCUT2D eigenvalue weighted by molar-refractivity contribution is -0.135. The Morgan fingerprint density at radius 1 is 1.00 bits per heavy atom. The highest BCUT2D eigenvalue weighted by molar-refractivity contribution is 7.89. The van der Waals surface area contributed by atoms with Crippen LogP contribution in [-0.2, 0) is 14.8 Å². The number of sulfonamides is 1. The van der Waals surface area contributed by atoms with Gasteiger partial charge in [-0.3, -0.25) is 9.59 Å². The van der Waals surface area contributed by atoms with Gasteiger partial charge in [0.15, 0.2) is 0 Å². The van der Waals surface area contributed by atoms with E-state index in [2.05, 4.69) is 15.4 Å². The van der Waals surface area contributed by atoms with Crippen molar-refractivity contribution < 1.29 is 18.0 Å². The molecule has 0 aromatic heterocycles. The van der Waals surface area contributed by atoms with Gasteiger partial charge in [-0.05, 0) is 62.4 Å². The number of piperidine rings is 1. The second kappa shape index (κ2) is 11.5. The molecule has 39 heavy (non-hydrogen) atoms. The number of benzene rings is 3. The molecule has 0 aliphatic carbocycles. The number of anilines is 1. The van der Waals surface area contributed by atoms with Crippen LogP contribution in [0.3, 0.4) is 0 Å². The zero-order valence-electron chi connectivity index (χ0n) is 22.4. The van der Waals surface area contributed by atoms with Gasteiger partial charge >= 0.3 is 0 Å². The van der Waals surface area contributed by atoms with Crippen molar-refractivity contribution in [1.82, 2.24) is 14.9 Å². The molecule has 3 N–H and O–H groups in total. The Hall–Kier alpha value is -3.27. The Morgan fingerprint density at radius 3 is 2.51 bits per heavy atom. The van der Waals surface area contributed by atoms with Crippen LogP contribution in [0.25, 0.3) is 10.8 Å². The van der Waals surface area contributed by atoms with Crippen molar-refractivity contribution in [2.45, 2.75) is 56.5 Å². The summed E-state index contributed by atoms with van der Waals surface area (Å²) in [5.41, 5.74) is 1.98. The number of amides is 2. The Morgan fingerprint density at radius 2 is 1.77 bits per heavy atom. The Bertz CT molecular complexity index is 1480. The van der Waals surface area contributed by atoms with E-state index < -0.39 is 10.0 Å². The number of carbonyl (C=O) groups excluding carboxylic acids is 2. The molecule has 0 bridgehead atoms. The van der Waals surface area contributed by atoms with Gasteiger partial charge in [0.1, 0.15) is 0 Å². The highest BCUT2D eigenvalue weighted by atomic mass is 32.2. The van der Waals surface area contributed by atoms with E-state index in [-0.39, 0.29) is 34.7 Å². The molecule has 2 amide bonds. The fourth-order valence-electron chi connectivity index (χ4n) is 5.82. The SMILES string of the molecule is CC[C@H]1CN(C(=O)[C@@H]2CCCN2)CC[C@@H]1NS(=O)(=O)c1cccc2c(NC(=O)c3ccccc3C)cccc12. The number of aryl methyl sites for hydroxylation is 1. The number of hydrogen-bond donors (Lipinski definition) is 3. The molecule has 0 unspecified atom stereocenters. The first kappa shape index (κ1) is 27.3. The third kappa shape index (κ3) is 5.71. The fraction of sp³-hybridized carbons (Fsp3) is 0.400. The first-order valence-corrected chi connectivity index (χ1v) is 15.2. The molecule has 9 heteroatoms. The average molecular weight is 549 g/mol. The van der Waals surface area contributed by atoms with Crippen LogP contribution in [0, 0.1) is 12.8 Å². The molecule has 5 rings (SSSR count). The first-order chi connectivity index (χ1) is 18.8. The lowest BCUT2D eigenvalue weighted by Crippen LogP contribution is -2.55. The Balaban J connectivity index is 1.36. The van der Waals surface area contributed by atoms with Gasteiger partial charge in [0.2, 0.25) is 15.9 Å². The molecule has 206 valence electrons.